The van der Waals surface area contributed by atoms with Gasteiger partial charge in [-0.1, -0.05) is 29.5 Å². The van der Waals surface area contributed by atoms with Crippen molar-refractivity contribution in [1.82, 2.24) is 0 Å². The lowest BCUT2D eigenvalue weighted by Crippen LogP contribution is -1.98. The van der Waals surface area contributed by atoms with Gasteiger partial charge in [0.2, 0.25) is 0 Å². The van der Waals surface area contributed by atoms with E-state index in [0.717, 1.165) is 5.56 Å². The van der Waals surface area contributed by atoms with E-state index < -0.39 is 0 Å². The molecule has 0 unspecified atom stereocenters. The van der Waals surface area contributed by atoms with Crippen LogP contribution in [-0.4, -0.2) is 13.1 Å². The SMILES string of the molecule is COC(=O)CCC#Cc1ccc(C)cc1. The van der Waals surface area contributed by atoms with Crippen LogP contribution in [0.1, 0.15) is 24.0 Å². The fourth-order valence-electron chi connectivity index (χ4n) is 1.07. The Morgan fingerprint density at radius 1 is 1.33 bits per heavy atom. The molecule has 78 valence electrons. The van der Waals surface area contributed by atoms with Gasteiger partial charge in [-0.25, -0.2) is 0 Å². The van der Waals surface area contributed by atoms with Crippen molar-refractivity contribution in [2.24, 2.45) is 0 Å². The van der Waals surface area contributed by atoms with E-state index >= 15 is 0 Å². The zero-order chi connectivity index (χ0) is 11.1. The lowest BCUT2D eigenvalue weighted by Gasteiger charge is -1.93. The van der Waals surface area contributed by atoms with Crippen LogP contribution in [0.2, 0.25) is 0 Å². The van der Waals surface area contributed by atoms with Crippen molar-refractivity contribution in [3.8, 4) is 11.8 Å². The van der Waals surface area contributed by atoms with Gasteiger partial charge in [0.25, 0.3) is 0 Å². The summed E-state index contributed by atoms with van der Waals surface area (Å²) in [6.45, 7) is 2.04. The van der Waals surface area contributed by atoms with Crippen molar-refractivity contribution in [2.75, 3.05) is 7.11 Å². The number of hydrogen-bond donors (Lipinski definition) is 0. The van der Waals surface area contributed by atoms with Gasteiger partial charge < -0.3 is 4.74 Å². The van der Waals surface area contributed by atoms with Gasteiger partial charge in [0, 0.05) is 12.0 Å². The minimum absolute atomic E-state index is 0.215. The Balaban J connectivity index is 2.44. The summed E-state index contributed by atoms with van der Waals surface area (Å²) in [5, 5.41) is 0. The largest absolute Gasteiger partial charge is 0.469 e. The molecule has 1 aromatic rings. The quantitative estimate of drug-likeness (QED) is 0.543. The second-order valence-corrected chi connectivity index (χ2v) is 3.24. The molecule has 0 saturated carbocycles. The minimum Gasteiger partial charge on any atom is -0.469 e. The molecule has 0 aliphatic carbocycles. The molecule has 0 amide bonds. The molecule has 0 spiro atoms. The highest BCUT2D eigenvalue weighted by molar-refractivity contribution is 5.69. The van der Waals surface area contributed by atoms with Crippen molar-refractivity contribution in [2.45, 2.75) is 19.8 Å². The maximum absolute atomic E-state index is 10.8. The maximum Gasteiger partial charge on any atom is 0.306 e. The topological polar surface area (TPSA) is 26.3 Å². The zero-order valence-corrected chi connectivity index (χ0v) is 9.04. The average Bonchev–Trinajstić information content (AvgIpc) is 2.26. The molecule has 0 atom stereocenters. The predicted octanol–water partition coefficient (Wildman–Crippen LogP) is 2.30. The van der Waals surface area contributed by atoms with Crippen molar-refractivity contribution in [3.63, 3.8) is 0 Å². The number of benzene rings is 1. The lowest BCUT2D eigenvalue weighted by atomic mass is 10.1. The molecule has 2 heteroatoms. The molecule has 15 heavy (non-hydrogen) atoms. The Kier molecular flexibility index (Phi) is 4.43. The van der Waals surface area contributed by atoms with Crippen LogP contribution < -0.4 is 0 Å². The Morgan fingerprint density at radius 2 is 2.00 bits per heavy atom. The van der Waals surface area contributed by atoms with Gasteiger partial charge in [-0.3, -0.25) is 4.79 Å². The summed E-state index contributed by atoms with van der Waals surface area (Å²) in [6.07, 6.45) is 0.899. The highest BCUT2D eigenvalue weighted by Gasteiger charge is 1.95. The number of hydrogen-bond acceptors (Lipinski definition) is 2. The van der Waals surface area contributed by atoms with E-state index in [1.807, 2.05) is 31.2 Å². The van der Waals surface area contributed by atoms with Gasteiger partial charge in [0.15, 0.2) is 0 Å². The molecule has 0 aliphatic heterocycles. The van der Waals surface area contributed by atoms with Gasteiger partial charge in [-0.05, 0) is 19.1 Å². The Bertz CT molecular complexity index is 379. The summed E-state index contributed by atoms with van der Waals surface area (Å²) >= 11 is 0. The number of esters is 1. The average molecular weight is 202 g/mol. The minimum atomic E-state index is -0.215. The summed E-state index contributed by atoms with van der Waals surface area (Å²) in [5.41, 5.74) is 2.19. The molecule has 0 bridgehead atoms. The highest BCUT2D eigenvalue weighted by atomic mass is 16.5. The first-order valence-electron chi connectivity index (χ1n) is 4.84. The standard InChI is InChI=1S/C13H14O2/c1-11-7-9-12(10-8-11)5-3-4-6-13(14)15-2/h7-10H,4,6H2,1-2H3. The highest BCUT2D eigenvalue weighted by Crippen LogP contribution is 2.01. The first-order valence-corrected chi connectivity index (χ1v) is 4.84. The molecule has 2 nitrogen and oxygen atoms in total. The van der Waals surface area contributed by atoms with Gasteiger partial charge in [-0.15, -0.1) is 0 Å². The molecule has 0 fully saturated rings. The number of methoxy groups -OCH3 is 1. The number of aryl methyl sites for hydroxylation is 1. The van der Waals surface area contributed by atoms with Crippen molar-refractivity contribution < 1.29 is 9.53 Å². The zero-order valence-electron chi connectivity index (χ0n) is 9.04. The molecule has 0 saturated heterocycles. The van der Waals surface area contributed by atoms with Crippen LogP contribution in [0, 0.1) is 18.8 Å². The van der Waals surface area contributed by atoms with E-state index in [9.17, 15) is 4.79 Å². The third kappa shape index (κ3) is 4.33. The number of rotatable bonds is 2. The summed E-state index contributed by atoms with van der Waals surface area (Å²) in [7, 11) is 1.38. The fraction of sp³-hybridized carbons (Fsp3) is 0.308. The second kappa shape index (κ2) is 5.87. The van der Waals surface area contributed by atoms with Crippen LogP contribution in [0.15, 0.2) is 24.3 Å². The second-order valence-electron chi connectivity index (χ2n) is 3.24. The van der Waals surface area contributed by atoms with Gasteiger partial charge in [0.05, 0.1) is 13.5 Å². The number of carbonyl (C=O) groups is 1. The molecular weight excluding hydrogens is 188 g/mol. The van der Waals surface area contributed by atoms with Crippen molar-refractivity contribution >= 4 is 5.97 Å². The Hall–Kier alpha value is -1.75. The molecule has 1 rings (SSSR count). The molecule has 0 aromatic heterocycles. The summed E-state index contributed by atoms with van der Waals surface area (Å²) in [6, 6.07) is 7.98. The molecule has 0 N–H and O–H groups in total. The van der Waals surface area contributed by atoms with Crippen LogP contribution in [0.5, 0.6) is 0 Å². The van der Waals surface area contributed by atoms with E-state index in [1.54, 1.807) is 0 Å². The molecule has 1 aromatic carbocycles. The molecule has 0 radical (unpaired) electrons. The summed E-state index contributed by atoms with van der Waals surface area (Å²) in [5.74, 6) is 5.71. The van der Waals surface area contributed by atoms with E-state index in [1.165, 1.54) is 12.7 Å². The molecular formula is C13H14O2. The lowest BCUT2D eigenvalue weighted by molar-refractivity contribution is -0.140. The van der Waals surface area contributed by atoms with E-state index in [-0.39, 0.29) is 5.97 Å². The first-order chi connectivity index (χ1) is 7.22. The third-order valence-corrected chi connectivity index (χ3v) is 1.97. The smallest absolute Gasteiger partial charge is 0.306 e. The van der Waals surface area contributed by atoms with Crippen LogP contribution in [0.25, 0.3) is 0 Å². The van der Waals surface area contributed by atoms with Crippen LogP contribution in [0.3, 0.4) is 0 Å². The Labute approximate surface area is 90.3 Å². The van der Waals surface area contributed by atoms with E-state index in [4.69, 9.17) is 0 Å². The van der Waals surface area contributed by atoms with E-state index in [2.05, 4.69) is 16.6 Å². The molecule has 0 heterocycles. The van der Waals surface area contributed by atoms with Crippen LogP contribution >= 0.6 is 0 Å². The normalized spacial score (nSPS) is 8.93. The molecule has 0 aliphatic rings. The van der Waals surface area contributed by atoms with Gasteiger partial charge in [-0.2, -0.15) is 0 Å². The fourth-order valence-corrected chi connectivity index (χ4v) is 1.07. The van der Waals surface area contributed by atoms with Gasteiger partial charge in [0.1, 0.15) is 0 Å². The van der Waals surface area contributed by atoms with Gasteiger partial charge >= 0.3 is 5.97 Å². The van der Waals surface area contributed by atoms with Crippen LogP contribution in [-0.2, 0) is 9.53 Å². The summed E-state index contributed by atoms with van der Waals surface area (Å²) < 4.78 is 4.51. The number of ether oxygens (including phenoxy) is 1. The van der Waals surface area contributed by atoms with E-state index in [0.29, 0.717) is 12.8 Å². The third-order valence-electron chi connectivity index (χ3n) is 1.97. The van der Waals surface area contributed by atoms with Crippen molar-refractivity contribution in [1.29, 1.82) is 0 Å². The summed E-state index contributed by atoms with van der Waals surface area (Å²) in [4.78, 5) is 10.8. The van der Waals surface area contributed by atoms with Crippen molar-refractivity contribution in [3.05, 3.63) is 35.4 Å². The predicted molar refractivity (Wildman–Crippen MR) is 59.3 cm³/mol. The number of carbonyl (C=O) groups excluding carboxylic acids is 1. The monoisotopic (exact) mass is 202 g/mol. The Morgan fingerprint density at radius 3 is 2.60 bits per heavy atom. The first kappa shape index (κ1) is 11.3. The van der Waals surface area contributed by atoms with Crippen LogP contribution in [0.4, 0.5) is 0 Å². The maximum atomic E-state index is 10.8.